The topological polar surface area (TPSA) is 0 Å². The van der Waals surface area contributed by atoms with E-state index in [9.17, 15) is 0 Å². The van der Waals surface area contributed by atoms with Crippen molar-refractivity contribution in [2.75, 3.05) is 0 Å². The molecular weight excluding hydrogens is 192 g/mol. The summed E-state index contributed by atoms with van der Waals surface area (Å²) in [4.78, 5) is 0. The van der Waals surface area contributed by atoms with Gasteiger partial charge in [0, 0.05) is 20.6 Å². The van der Waals surface area contributed by atoms with Crippen molar-refractivity contribution in [1.82, 2.24) is 0 Å². The van der Waals surface area contributed by atoms with Crippen molar-refractivity contribution in [3.05, 3.63) is 34.4 Å². The van der Waals surface area contributed by atoms with E-state index in [1.54, 1.807) is 0 Å². The molecule has 0 nitrogen and oxygen atoms in total. The Kier molecular flexibility index (Phi) is 1.06. The van der Waals surface area contributed by atoms with Crippen molar-refractivity contribution in [3.63, 3.8) is 0 Å². The zero-order valence-electron chi connectivity index (χ0n) is 24.7. The summed E-state index contributed by atoms with van der Waals surface area (Å²) in [7, 11) is 0. The van der Waals surface area contributed by atoms with Gasteiger partial charge in [-0.2, -0.15) is 0 Å². The number of hydrogen-bond donors (Lipinski definition) is 0. The highest BCUT2D eigenvalue weighted by Gasteiger charge is 2.13. The molecule has 0 fully saturated rings. The molecule has 0 heteroatoms. The van der Waals surface area contributed by atoms with E-state index < -0.39 is 50.7 Å². The van der Waals surface area contributed by atoms with Crippen LogP contribution in [0.2, 0.25) is 0 Å². The van der Waals surface area contributed by atoms with E-state index in [0.717, 1.165) is 26.0 Å². The average Bonchev–Trinajstić information content (AvgIpc) is 2.49. The first-order chi connectivity index (χ1) is 13.2. The molecule has 0 bridgehead atoms. The second-order valence-electron chi connectivity index (χ2n) is 3.82. The maximum atomic E-state index is 8.42. The summed E-state index contributed by atoms with van der Waals surface area (Å²) >= 11 is 0. The molecule has 0 radical (unpaired) electrons. The molecule has 0 heterocycles. The molecule has 0 spiro atoms. The molecule has 0 aromatic heterocycles. The molecule has 1 aromatic carbocycles. The third kappa shape index (κ3) is 2.66. The molecule has 0 saturated carbocycles. The van der Waals surface area contributed by atoms with Gasteiger partial charge in [-0.1, -0.05) is 53.4 Å². The lowest BCUT2D eigenvalue weighted by molar-refractivity contribution is 0.792. The summed E-state index contributed by atoms with van der Waals surface area (Å²) in [5.41, 5.74) is -1.50. The molecule has 0 saturated heterocycles. The van der Waals surface area contributed by atoms with Crippen molar-refractivity contribution in [3.8, 4) is 0 Å². The van der Waals surface area contributed by atoms with Gasteiger partial charge in [0.2, 0.25) is 0 Å². The van der Waals surface area contributed by atoms with Crippen LogP contribution in [0.15, 0.2) is 12.1 Å². The van der Waals surface area contributed by atoms with E-state index in [4.69, 9.17) is 20.6 Å². The number of benzene rings is 1. The number of hydrogen-bond acceptors (Lipinski definition) is 0. The zero-order valence-corrected chi connectivity index (χ0v) is 9.65. The molecule has 0 amide bonds. The summed E-state index contributed by atoms with van der Waals surface area (Å²) in [6.45, 7) is -9.46. The maximum absolute atomic E-state index is 8.42. The van der Waals surface area contributed by atoms with Crippen molar-refractivity contribution in [2.45, 2.75) is 65.9 Å². The van der Waals surface area contributed by atoms with E-state index in [2.05, 4.69) is 0 Å². The Morgan fingerprint density at radius 3 is 1.75 bits per heavy atom. The lowest BCUT2D eigenvalue weighted by atomic mass is 9.85. The van der Waals surface area contributed by atoms with Crippen LogP contribution in [0.3, 0.4) is 0 Å². The predicted octanol–water partition coefficient (Wildman–Crippen LogP) is 5.37. The molecule has 2 atom stereocenters. The molecular formula is C16H26. The van der Waals surface area contributed by atoms with Gasteiger partial charge in [-0.25, -0.2) is 0 Å². The van der Waals surface area contributed by atoms with Crippen LogP contribution in [0.4, 0.5) is 0 Å². The van der Waals surface area contributed by atoms with Gasteiger partial charge in [0.25, 0.3) is 0 Å². The summed E-state index contributed by atoms with van der Waals surface area (Å²) in [6, 6.07) is 1.72. The van der Waals surface area contributed by atoms with Crippen LogP contribution in [0, 0.1) is 6.92 Å². The summed E-state index contributed by atoms with van der Waals surface area (Å²) in [6.07, 6.45) is 0. The second-order valence-corrected chi connectivity index (χ2v) is 3.82. The van der Waals surface area contributed by atoms with Crippen molar-refractivity contribution in [1.29, 1.82) is 0 Å². The first-order valence-electron chi connectivity index (χ1n) is 12.4. The van der Waals surface area contributed by atoms with Gasteiger partial charge in [0.1, 0.15) is 0 Å². The zero-order chi connectivity index (χ0) is 25.2. The quantitative estimate of drug-likeness (QED) is 0.659. The molecule has 0 aliphatic rings. The Bertz CT molecular complexity index is 756. The van der Waals surface area contributed by atoms with Crippen LogP contribution in [0.25, 0.3) is 0 Å². The first-order valence-corrected chi connectivity index (χ1v) is 4.90. The van der Waals surface area contributed by atoms with Gasteiger partial charge in [0.05, 0.1) is 0 Å². The van der Waals surface area contributed by atoms with E-state index in [0.29, 0.717) is 0 Å². The third-order valence-electron chi connectivity index (χ3n) is 2.50. The number of rotatable bonds is 3. The fourth-order valence-corrected chi connectivity index (χ4v) is 1.64. The molecule has 1 rings (SSSR count). The Hall–Kier alpha value is -0.780. The second kappa shape index (κ2) is 5.03. The molecule has 0 aliphatic heterocycles. The minimum atomic E-state index is -3.42. The van der Waals surface area contributed by atoms with Crippen molar-refractivity contribution < 1.29 is 20.6 Å². The lowest BCUT2D eigenvalue weighted by Crippen LogP contribution is -2.03. The predicted molar refractivity (Wildman–Crippen MR) is 73.4 cm³/mol. The van der Waals surface area contributed by atoms with Gasteiger partial charge >= 0.3 is 0 Å². The highest BCUT2D eigenvalue weighted by atomic mass is 14.2. The van der Waals surface area contributed by atoms with Gasteiger partial charge < -0.3 is 0 Å². The first kappa shape index (κ1) is 3.37. The molecule has 0 N–H and O–H groups in total. The van der Waals surface area contributed by atoms with Crippen LogP contribution in [-0.2, 0) is 0 Å². The van der Waals surface area contributed by atoms with E-state index in [1.165, 1.54) is 6.92 Å². The van der Waals surface area contributed by atoms with Gasteiger partial charge in [-0.3, -0.25) is 0 Å². The average molecular weight is 233 g/mol. The Balaban J connectivity index is 4.28. The smallest absolute Gasteiger partial charge is 0.0347 e. The highest BCUT2D eigenvalue weighted by molar-refractivity contribution is 5.42. The molecule has 2 unspecified atom stereocenters. The van der Waals surface area contributed by atoms with Crippen LogP contribution in [0.5, 0.6) is 0 Å². The molecule has 0 aliphatic carbocycles. The van der Waals surface area contributed by atoms with Gasteiger partial charge in [-0.05, 0) is 46.9 Å². The van der Waals surface area contributed by atoms with Crippen LogP contribution >= 0.6 is 0 Å². The van der Waals surface area contributed by atoms with Crippen LogP contribution in [0.1, 0.15) is 102 Å². The molecule has 16 heavy (non-hydrogen) atoms. The van der Waals surface area contributed by atoms with E-state index >= 15 is 0 Å². The Labute approximate surface area is 122 Å². The van der Waals surface area contributed by atoms with Gasteiger partial charge in [0.15, 0.2) is 0 Å². The Morgan fingerprint density at radius 1 is 0.938 bits per heavy atom. The largest absolute Gasteiger partial charge is 0.0587 e. The lowest BCUT2D eigenvalue weighted by Gasteiger charge is -2.20. The fraction of sp³-hybridized carbons (Fsp3) is 0.625. The SMILES string of the molecule is [2H]C([2H])([2H])C([2H])(C)c1cc(C([2H])(C([2H])([2H])[2H])C([2H])([2H])[2H])cc(C([2H])(C)C([2H])([2H])[2H])c1C. The van der Waals surface area contributed by atoms with Crippen LogP contribution < -0.4 is 0 Å². The summed E-state index contributed by atoms with van der Waals surface area (Å²) in [5, 5.41) is 0. The van der Waals surface area contributed by atoms with Crippen molar-refractivity contribution >= 4 is 0 Å². The minimum Gasteiger partial charge on any atom is -0.0587 e. The summed E-state index contributed by atoms with van der Waals surface area (Å²) < 4.78 is 118. The maximum Gasteiger partial charge on any atom is 0.0347 e. The minimum absolute atomic E-state index is 0.0653. The Morgan fingerprint density at radius 2 is 1.38 bits per heavy atom. The van der Waals surface area contributed by atoms with Crippen LogP contribution in [-0.4, -0.2) is 0 Å². The highest BCUT2D eigenvalue weighted by Crippen LogP contribution is 2.31. The standard InChI is InChI=1S/C16H26/c1-10(2)14-8-15(11(3)4)13(7)16(9-14)12(5)6/h8-12H,1-7H3/i1D3,2D3,3D3,5D3,10D,11D,12D. The van der Waals surface area contributed by atoms with Crippen molar-refractivity contribution in [2.24, 2.45) is 0 Å². The third-order valence-corrected chi connectivity index (χ3v) is 2.50. The normalized spacial score (nSPS) is 36.8. The van der Waals surface area contributed by atoms with E-state index in [1.807, 2.05) is 0 Å². The molecule has 90 valence electrons. The monoisotopic (exact) mass is 233 g/mol. The fourth-order valence-electron chi connectivity index (χ4n) is 1.64. The van der Waals surface area contributed by atoms with E-state index in [-0.39, 0.29) is 16.7 Å². The molecule has 1 aromatic rings. The summed E-state index contributed by atoms with van der Waals surface area (Å²) in [5.74, 6) is -8.07. The van der Waals surface area contributed by atoms with Gasteiger partial charge in [-0.15, -0.1) is 0 Å².